The Morgan fingerprint density at radius 1 is 1.27 bits per heavy atom. The normalized spacial score (nSPS) is 31.6. The summed E-state index contributed by atoms with van der Waals surface area (Å²) in [5, 5.41) is 0. The SMILES string of the molecule is C=CC(=O)O[Si]12OCCN(CCO1)CC(c1ccccc1)O2. The number of hydrogen-bond acceptors (Lipinski definition) is 6. The van der Waals surface area contributed by atoms with Crippen molar-refractivity contribution < 1.29 is 22.5 Å². The molecule has 0 N–H and O–H groups in total. The fourth-order valence-corrected chi connectivity index (χ4v) is 4.50. The summed E-state index contributed by atoms with van der Waals surface area (Å²) in [5.41, 5.74) is 1.01. The average Bonchev–Trinajstić information content (AvgIpc) is 2.49. The van der Waals surface area contributed by atoms with Gasteiger partial charge in [-0.15, -0.1) is 0 Å². The zero-order chi connectivity index (χ0) is 15.4. The zero-order valence-corrected chi connectivity index (χ0v) is 13.3. The molecule has 118 valence electrons. The molecular formula is C15H19NO5Si. The molecule has 4 rings (SSSR count). The van der Waals surface area contributed by atoms with Gasteiger partial charge in [0.15, 0.2) is 0 Å². The summed E-state index contributed by atoms with van der Waals surface area (Å²) in [5.74, 6) is -0.587. The Bertz CT molecular complexity index is 528. The monoisotopic (exact) mass is 321 g/mol. The topological polar surface area (TPSA) is 57.2 Å². The summed E-state index contributed by atoms with van der Waals surface area (Å²) in [7, 11) is -3.50. The van der Waals surface area contributed by atoms with Gasteiger partial charge in [0, 0.05) is 25.7 Å². The van der Waals surface area contributed by atoms with Crippen LogP contribution in [-0.4, -0.2) is 52.8 Å². The van der Waals surface area contributed by atoms with Gasteiger partial charge in [-0.05, 0) is 5.56 Å². The maximum Gasteiger partial charge on any atom is 0.752 e. The third kappa shape index (κ3) is 3.45. The van der Waals surface area contributed by atoms with E-state index in [2.05, 4.69) is 11.5 Å². The predicted octanol–water partition coefficient (Wildman–Crippen LogP) is 1.27. The summed E-state index contributed by atoms with van der Waals surface area (Å²) >= 11 is 0. The van der Waals surface area contributed by atoms with Gasteiger partial charge in [-0.2, -0.15) is 0 Å². The number of fused-ring (bicyclic) bond motifs is 6. The van der Waals surface area contributed by atoms with Crippen molar-refractivity contribution in [2.24, 2.45) is 0 Å². The molecule has 0 saturated carbocycles. The largest absolute Gasteiger partial charge is 0.752 e. The summed E-state index contributed by atoms with van der Waals surface area (Å²) < 4.78 is 22.9. The van der Waals surface area contributed by atoms with Gasteiger partial charge in [-0.1, -0.05) is 36.9 Å². The van der Waals surface area contributed by atoms with E-state index in [-0.39, 0.29) is 6.10 Å². The van der Waals surface area contributed by atoms with E-state index in [0.717, 1.165) is 31.3 Å². The molecule has 1 unspecified atom stereocenters. The van der Waals surface area contributed by atoms with Crippen molar-refractivity contribution in [1.29, 1.82) is 0 Å². The first-order valence-electron chi connectivity index (χ1n) is 7.29. The van der Waals surface area contributed by atoms with E-state index < -0.39 is 15.0 Å². The minimum atomic E-state index is -3.50. The quantitative estimate of drug-likeness (QED) is 0.617. The highest BCUT2D eigenvalue weighted by molar-refractivity contribution is 6.55. The molecule has 3 fully saturated rings. The summed E-state index contributed by atoms with van der Waals surface area (Å²) in [6.45, 7) is 6.49. The van der Waals surface area contributed by atoms with E-state index in [1.54, 1.807) is 0 Å². The lowest BCUT2D eigenvalue weighted by atomic mass is 10.1. The third-order valence-corrected chi connectivity index (χ3v) is 5.79. The molecule has 0 amide bonds. The highest BCUT2D eigenvalue weighted by atomic mass is 28.4. The lowest BCUT2D eigenvalue weighted by molar-refractivity contribution is -0.146. The molecule has 3 aliphatic heterocycles. The second-order valence-electron chi connectivity index (χ2n) is 5.14. The predicted molar refractivity (Wildman–Crippen MR) is 80.7 cm³/mol. The van der Waals surface area contributed by atoms with Gasteiger partial charge in [0.05, 0.1) is 19.3 Å². The van der Waals surface area contributed by atoms with Crippen LogP contribution in [0, 0.1) is 0 Å². The van der Waals surface area contributed by atoms with E-state index in [4.69, 9.17) is 17.7 Å². The Morgan fingerprint density at radius 2 is 1.95 bits per heavy atom. The molecule has 22 heavy (non-hydrogen) atoms. The second kappa shape index (κ2) is 6.72. The van der Waals surface area contributed by atoms with Crippen LogP contribution in [-0.2, 0) is 22.5 Å². The number of benzene rings is 1. The van der Waals surface area contributed by atoms with Gasteiger partial charge in [-0.3, -0.25) is 4.90 Å². The van der Waals surface area contributed by atoms with E-state index in [0.29, 0.717) is 13.2 Å². The summed E-state index contributed by atoms with van der Waals surface area (Å²) in [6, 6.07) is 9.83. The minimum absolute atomic E-state index is 0.258. The van der Waals surface area contributed by atoms with Crippen LogP contribution >= 0.6 is 0 Å². The lowest BCUT2D eigenvalue weighted by Crippen LogP contribution is -2.58. The third-order valence-electron chi connectivity index (χ3n) is 3.65. The Kier molecular flexibility index (Phi) is 4.70. The van der Waals surface area contributed by atoms with E-state index in [9.17, 15) is 4.79 Å². The fraction of sp³-hybridized carbons (Fsp3) is 0.400. The van der Waals surface area contributed by atoms with Gasteiger partial charge in [0.25, 0.3) is 0 Å². The van der Waals surface area contributed by atoms with Crippen molar-refractivity contribution >= 4 is 15.0 Å². The molecule has 3 saturated heterocycles. The highest BCUT2D eigenvalue weighted by Gasteiger charge is 2.54. The van der Waals surface area contributed by atoms with Crippen molar-refractivity contribution in [2.45, 2.75) is 6.10 Å². The lowest BCUT2D eigenvalue weighted by Gasteiger charge is -2.39. The average molecular weight is 321 g/mol. The van der Waals surface area contributed by atoms with Crippen LogP contribution in [0.2, 0.25) is 0 Å². The molecular weight excluding hydrogens is 302 g/mol. The molecule has 0 aliphatic carbocycles. The molecule has 2 bridgehead atoms. The fourth-order valence-electron chi connectivity index (χ4n) is 2.54. The zero-order valence-electron chi connectivity index (χ0n) is 12.3. The highest BCUT2D eigenvalue weighted by Crippen LogP contribution is 2.29. The first kappa shape index (κ1) is 15.4. The Labute approximate surface area is 130 Å². The number of carbonyl (C=O) groups excluding carboxylic acids is 1. The van der Waals surface area contributed by atoms with E-state index in [1.807, 2.05) is 30.3 Å². The number of carbonyl (C=O) groups is 1. The first-order valence-corrected chi connectivity index (χ1v) is 8.92. The van der Waals surface area contributed by atoms with Crippen LogP contribution in [0.25, 0.3) is 0 Å². The first-order chi connectivity index (χ1) is 10.7. The van der Waals surface area contributed by atoms with Gasteiger partial charge in [0.2, 0.25) is 0 Å². The molecule has 1 aromatic rings. The van der Waals surface area contributed by atoms with Crippen LogP contribution in [0.4, 0.5) is 0 Å². The van der Waals surface area contributed by atoms with Crippen LogP contribution < -0.4 is 0 Å². The van der Waals surface area contributed by atoms with Crippen LogP contribution in [0.5, 0.6) is 0 Å². The molecule has 3 heterocycles. The smallest absolute Gasteiger partial charge is 0.449 e. The van der Waals surface area contributed by atoms with E-state index >= 15 is 0 Å². The Balaban J connectivity index is 1.89. The Hall–Kier alpha value is -1.51. The molecule has 0 spiro atoms. The molecule has 1 aromatic carbocycles. The maximum atomic E-state index is 11.7. The molecule has 3 aliphatic rings. The number of hydrogen-bond donors (Lipinski definition) is 0. The summed E-state index contributed by atoms with van der Waals surface area (Å²) in [6.07, 6.45) is 0.838. The molecule has 1 atom stereocenters. The Morgan fingerprint density at radius 3 is 2.59 bits per heavy atom. The van der Waals surface area contributed by atoms with Crippen molar-refractivity contribution in [2.75, 3.05) is 32.8 Å². The molecule has 0 aromatic heterocycles. The van der Waals surface area contributed by atoms with Crippen molar-refractivity contribution in [3.63, 3.8) is 0 Å². The number of rotatable bonds is 3. The van der Waals surface area contributed by atoms with Gasteiger partial charge in [0.1, 0.15) is 0 Å². The summed E-state index contributed by atoms with van der Waals surface area (Å²) in [4.78, 5) is 13.9. The molecule has 0 radical (unpaired) electrons. The molecule has 6 nitrogen and oxygen atoms in total. The van der Waals surface area contributed by atoms with Crippen molar-refractivity contribution in [3.8, 4) is 0 Å². The molecule has 7 heteroatoms. The standard InChI is InChI=1S/C15H19NO5Si/c1-2-15(17)21-22-18-10-8-16(9-11-19-22)12-14(20-22)13-6-4-3-5-7-13/h2-7,14H,1,8-12H2. The minimum Gasteiger partial charge on any atom is -0.449 e. The van der Waals surface area contributed by atoms with Gasteiger partial charge in [-0.25, -0.2) is 4.79 Å². The number of nitrogens with zero attached hydrogens (tertiary/aromatic N) is 1. The van der Waals surface area contributed by atoms with Crippen molar-refractivity contribution in [3.05, 3.63) is 48.6 Å². The van der Waals surface area contributed by atoms with Crippen LogP contribution in [0.1, 0.15) is 11.7 Å². The van der Waals surface area contributed by atoms with Gasteiger partial charge >= 0.3 is 15.0 Å². The van der Waals surface area contributed by atoms with Gasteiger partial charge < -0.3 is 17.7 Å². The maximum absolute atomic E-state index is 11.7. The van der Waals surface area contributed by atoms with Crippen LogP contribution in [0.15, 0.2) is 43.0 Å². The van der Waals surface area contributed by atoms with Crippen LogP contribution in [0.3, 0.4) is 0 Å². The van der Waals surface area contributed by atoms with Crippen molar-refractivity contribution in [1.82, 2.24) is 4.90 Å². The van der Waals surface area contributed by atoms with E-state index in [1.165, 1.54) is 0 Å². The second-order valence-corrected chi connectivity index (χ2v) is 7.16.